The molecule has 0 saturated carbocycles. The van der Waals surface area contributed by atoms with Crippen molar-refractivity contribution in [2.24, 2.45) is 0 Å². The fourth-order valence-corrected chi connectivity index (χ4v) is 3.21. The number of carbonyl (C=O) groups excluding carboxylic acids is 2. The van der Waals surface area contributed by atoms with E-state index in [1.807, 2.05) is 43.2 Å². The average molecular weight is 309 g/mol. The minimum atomic E-state index is -0.263. The number of hydrogen-bond donors (Lipinski definition) is 0. The molecular formula is C16H23NO3S. The molecule has 2 heterocycles. The Balaban J connectivity index is 1.82. The second-order valence-corrected chi connectivity index (χ2v) is 7.14. The van der Waals surface area contributed by atoms with Gasteiger partial charge in [-0.05, 0) is 38.6 Å². The van der Waals surface area contributed by atoms with Crippen LogP contribution in [0.5, 0.6) is 0 Å². The minimum absolute atomic E-state index is 0.0784. The standard InChI is InChI=1S/C16H23NO3S/c1-12-10-17(16(2,3)11-20-12)15(19)8-4-6-13(18)14-7-5-9-21-14/h5,7,9,12H,4,6,8,10-11H2,1-3H3. The van der Waals surface area contributed by atoms with Crippen LogP contribution >= 0.6 is 11.3 Å². The normalized spacial score (nSPS) is 21.3. The Morgan fingerprint density at radius 3 is 2.86 bits per heavy atom. The molecule has 0 radical (unpaired) electrons. The van der Waals surface area contributed by atoms with E-state index in [0.29, 0.717) is 32.4 Å². The maximum atomic E-state index is 12.4. The SMILES string of the molecule is CC1CN(C(=O)CCCC(=O)c2cccs2)C(C)(C)CO1. The van der Waals surface area contributed by atoms with Gasteiger partial charge in [0.05, 0.1) is 23.1 Å². The van der Waals surface area contributed by atoms with Gasteiger partial charge in [-0.1, -0.05) is 6.07 Å². The maximum absolute atomic E-state index is 12.4. The summed E-state index contributed by atoms with van der Waals surface area (Å²) < 4.78 is 5.62. The number of morpholine rings is 1. The predicted octanol–water partition coefficient (Wildman–Crippen LogP) is 3.13. The van der Waals surface area contributed by atoms with Gasteiger partial charge in [0.1, 0.15) is 0 Å². The molecule has 0 spiro atoms. The molecule has 1 saturated heterocycles. The summed E-state index contributed by atoms with van der Waals surface area (Å²) >= 11 is 1.46. The lowest BCUT2D eigenvalue weighted by atomic mass is 9.99. The number of nitrogens with zero attached hydrogens (tertiary/aromatic N) is 1. The minimum Gasteiger partial charge on any atom is -0.374 e. The summed E-state index contributed by atoms with van der Waals surface area (Å²) in [5.41, 5.74) is -0.263. The third kappa shape index (κ3) is 4.14. The molecule has 1 aliphatic rings. The highest BCUT2D eigenvalue weighted by atomic mass is 32.1. The molecule has 5 heteroatoms. The van der Waals surface area contributed by atoms with Gasteiger partial charge < -0.3 is 9.64 Å². The molecule has 0 N–H and O–H groups in total. The molecule has 116 valence electrons. The predicted molar refractivity (Wildman–Crippen MR) is 83.7 cm³/mol. The van der Waals surface area contributed by atoms with Gasteiger partial charge >= 0.3 is 0 Å². The van der Waals surface area contributed by atoms with Crippen LogP contribution < -0.4 is 0 Å². The van der Waals surface area contributed by atoms with Gasteiger partial charge in [-0.2, -0.15) is 0 Å². The Labute approximate surface area is 130 Å². The highest BCUT2D eigenvalue weighted by Crippen LogP contribution is 2.23. The summed E-state index contributed by atoms with van der Waals surface area (Å²) in [6.45, 7) is 7.22. The smallest absolute Gasteiger partial charge is 0.223 e. The second kappa shape index (κ2) is 6.71. The van der Waals surface area contributed by atoms with E-state index >= 15 is 0 Å². The van der Waals surface area contributed by atoms with Crippen molar-refractivity contribution >= 4 is 23.0 Å². The van der Waals surface area contributed by atoms with Gasteiger partial charge in [-0.15, -0.1) is 11.3 Å². The summed E-state index contributed by atoms with van der Waals surface area (Å²) in [7, 11) is 0. The van der Waals surface area contributed by atoms with Crippen LogP contribution in [0.1, 0.15) is 49.7 Å². The molecule has 0 aliphatic carbocycles. The summed E-state index contributed by atoms with van der Waals surface area (Å²) in [4.78, 5) is 27.0. The van der Waals surface area contributed by atoms with Crippen molar-refractivity contribution in [3.05, 3.63) is 22.4 Å². The molecule has 2 rings (SSSR count). The van der Waals surface area contributed by atoms with Crippen molar-refractivity contribution in [3.8, 4) is 0 Å². The molecule has 1 atom stereocenters. The molecule has 1 fully saturated rings. The number of ketones is 1. The van der Waals surface area contributed by atoms with Crippen LogP contribution in [0.15, 0.2) is 17.5 Å². The van der Waals surface area contributed by atoms with Crippen LogP contribution in [-0.4, -0.2) is 41.4 Å². The molecule has 1 aromatic rings. The van der Waals surface area contributed by atoms with Crippen molar-refractivity contribution in [1.29, 1.82) is 0 Å². The average Bonchev–Trinajstić information content (AvgIpc) is 2.95. The lowest BCUT2D eigenvalue weighted by molar-refractivity contribution is -0.152. The molecule has 0 bridgehead atoms. The van der Waals surface area contributed by atoms with E-state index in [2.05, 4.69) is 0 Å². The van der Waals surface area contributed by atoms with Gasteiger partial charge in [-0.25, -0.2) is 0 Å². The van der Waals surface area contributed by atoms with Crippen molar-refractivity contribution in [3.63, 3.8) is 0 Å². The number of amides is 1. The molecular weight excluding hydrogens is 286 g/mol. The number of Topliss-reactive ketones (excluding diaryl/α,β-unsaturated/α-hetero) is 1. The largest absolute Gasteiger partial charge is 0.374 e. The zero-order valence-electron chi connectivity index (χ0n) is 12.9. The van der Waals surface area contributed by atoms with Gasteiger partial charge in [0.15, 0.2) is 5.78 Å². The Bertz CT molecular complexity index is 496. The van der Waals surface area contributed by atoms with E-state index in [0.717, 1.165) is 4.88 Å². The fraction of sp³-hybridized carbons (Fsp3) is 0.625. The zero-order valence-corrected chi connectivity index (χ0v) is 13.7. The molecule has 1 aliphatic heterocycles. The van der Waals surface area contributed by atoms with Crippen LogP contribution in [0, 0.1) is 0 Å². The number of carbonyl (C=O) groups is 2. The van der Waals surface area contributed by atoms with E-state index in [1.54, 1.807) is 0 Å². The van der Waals surface area contributed by atoms with E-state index < -0.39 is 0 Å². The first-order chi connectivity index (χ1) is 9.90. The lowest BCUT2D eigenvalue weighted by Gasteiger charge is -2.44. The van der Waals surface area contributed by atoms with Crippen LogP contribution in [0.3, 0.4) is 0 Å². The Morgan fingerprint density at radius 1 is 1.43 bits per heavy atom. The van der Waals surface area contributed by atoms with E-state index in [9.17, 15) is 9.59 Å². The Kier molecular flexibility index (Phi) is 5.17. The zero-order chi connectivity index (χ0) is 15.5. The highest BCUT2D eigenvalue weighted by molar-refractivity contribution is 7.12. The van der Waals surface area contributed by atoms with Crippen molar-refractivity contribution < 1.29 is 14.3 Å². The molecule has 4 nitrogen and oxygen atoms in total. The van der Waals surface area contributed by atoms with E-state index in [1.165, 1.54) is 11.3 Å². The number of rotatable bonds is 5. The van der Waals surface area contributed by atoms with Crippen LogP contribution in [0.4, 0.5) is 0 Å². The monoisotopic (exact) mass is 309 g/mol. The highest BCUT2D eigenvalue weighted by Gasteiger charge is 2.36. The number of thiophene rings is 1. The first kappa shape index (κ1) is 16.2. The van der Waals surface area contributed by atoms with E-state index in [-0.39, 0.29) is 23.3 Å². The van der Waals surface area contributed by atoms with Crippen LogP contribution in [-0.2, 0) is 9.53 Å². The summed E-state index contributed by atoms with van der Waals surface area (Å²) in [5, 5.41) is 1.90. The quantitative estimate of drug-likeness (QED) is 0.785. The third-order valence-corrected chi connectivity index (χ3v) is 4.69. The van der Waals surface area contributed by atoms with Crippen molar-refractivity contribution in [2.45, 2.75) is 51.7 Å². The van der Waals surface area contributed by atoms with Crippen LogP contribution in [0.25, 0.3) is 0 Å². The molecule has 1 aromatic heterocycles. The Morgan fingerprint density at radius 2 is 2.19 bits per heavy atom. The van der Waals surface area contributed by atoms with Gasteiger partial charge in [0, 0.05) is 19.4 Å². The van der Waals surface area contributed by atoms with Gasteiger partial charge in [-0.3, -0.25) is 9.59 Å². The van der Waals surface area contributed by atoms with Crippen LogP contribution in [0.2, 0.25) is 0 Å². The number of hydrogen-bond acceptors (Lipinski definition) is 4. The molecule has 1 amide bonds. The lowest BCUT2D eigenvalue weighted by Crippen LogP contribution is -2.57. The van der Waals surface area contributed by atoms with E-state index in [4.69, 9.17) is 4.74 Å². The van der Waals surface area contributed by atoms with Crippen molar-refractivity contribution in [2.75, 3.05) is 13.2 Å². The summed E-state index contributed by atoms with van der Waals surface area (Å²) in [6.07, 6.45) is 1.55. The third-order valence-electron chi connectivity index (χ3n) is 3.78. The molecule has 21 heavy (non-hydrogen) atoms. The second-order valence-electron chi connectivity index (χ2n) is 6.19. The van der Waals surface area contributed by atoms with Crippen molar-refractivity contribution in [1.82, 2.24) is 4.90 Å². The fourth-order valence-electron chi connectivity index (χ4n) is 2.52. The first-order valence-electron chi connectivity index (χ1n) is 7.39. The molecule has 1 unspecified atom stereocenters. The maximum Gasteiger partial charge on any atom is 0.223 e. The molecule has 0 aromatic carbocycles. The Hall–Kier alpha value is -1.20. The van der Waals surface area contributed by atoms with Gasteiger partial charge in [0.2, 0.25) is 5.91 Å². The first-order valence-corrected chi connectivity index (χ1v) is 8.27. The number of ether oxygens (including phenoxy) is 1. The summed E-state index contributed by atoms with van der Waals surface area (Å²) in [6, 6.07) is 3.71. The topological polar surface area (TPSA) is 46.6 Å². The van der Waals surface area contributed by atoms with Gasteiger partial charge in [0.25, 0.3) is 0 Å². The summed E-state index contributed by atoms with van der Waals surface area (Å²) in [5.74, 6) is 0.251.